The average molecular weight is 387 g/mol. The number of rotatable bonds is 5. The number of hydrogen-bond acceptors (Lipinski definition) is 1. The number of benzene rings is 3. The minimum absolute atomic E-state index is 0.750. The van der Waals surface area contributed by atoms with Gasteiger partial charge in [0.1, 0.15) is 0 Å². The lowest BCUT2D eigenvalue weighted by molar-refractivity contribution is 0.974. The standard InChI is InChI=1S/C25H23ClN2/c1-17-6-8-19(9-7-17)21-5-3-4-20(14-21)18(2)27-13-12-22-16-28-25-11-10-23(26)15-24(22)25/h3-11,14-16,28H,12-13H2,1-2H3. The Morgan fingerprint density at radius 1 is 0.964 bits per heavy atom. The summed E-state index contributed by atoms with van der Waals surface area (Å²) >= 11 is 6.14. The molecular weight excluding hydrogens is 364 g/mol. The highest BCUT2D eigenvalue weighted by Gasteiger charge is 2.05. The van der Waals surface area contributed by atoms with Gasteiger partial charge in [0.25, 0.3) is 0 Å². The van der Waals surface area contributed by atoms with Crippen LogP contribution in [0.3, 0.4) is 0 Å². The quantitative estimate of drug-likeness (QED) is 0.363. The lowest BCUT2D eigenvalue weighted by Gasteiger charge is -2.06. The van der Waals surface area contributed by atoms with Crippen molar-refractivity contribution in [2.75, 3.05) is 6.54 Å². The summed E-state index contributed by atoms with van der Waals surface area (Å²) in [5.74, 6) is 0. The molecule has 0 saturated heterocycles. The summed E-state index contributed by atoms with van der Waals surface area (Å²) in [6, 6.07) is 23.2. The Hall–Kier alpha value is -2.84. The number of fused-ring (bicyclic) bond motifs is 1. The molecule has 0 saturated carbocycles. The molecule has 0 aliphatic rings. The first-order valence-electron chi connectivity index (χ1n) is 9.54. The zero-order chi connectivity index (χ0) is 19.5. The van der Waals surface area contributed by atoms with E-state index in [1.54, 1.807) is 0 Å². The normalized spacial score (nSPS) is 11.9. The summed E-state index contributed by atoms with van der Waals surface area (Å²) in [6.07, 6.45) is 2.94. The molecule has 1 aromatic heterocycles. The van der Waals surface area contributed by atoms with Crippen LogP contribution in [0.5, 0.6) is 0 Å². The molecule has 0 unspecified atom stereocenters. The van der Waals surface area contributed by atoms with Gasteiger partial charge < -0.3 is 4.98 Å². The van der Waals surface area contributed by atoms with Crippen molar-refractivity contribution in [3.05, 3.63) is 94.6 Å². The third kappa shape index (κ3) is 4.02. The SMILES string of the molecule is CC(=NCCc1c[nH]c2ccc(Cl)cc12)c1cccc(-c2ccc(C)cc2)c1. The number of aliphatic imine (C=N–C) groups is 1. The summed E-state index contributed by atoms with van der Waals surface area (Å²) in [4.78, 5) is 8.12. The van der Waals surface area contributed by atoms with E-state index in [0.29, 0.717) is 0 Å². The van der Waals surface area contributed by atoms with Crippen molar-refractivity contribution in [3.63, 3.8) is 0 Å². The highest BCUT2D eigenvalue weighted by Crippen LogP contribution is 2.23. The van der Waals surface area contributed by atoms with Crippen molar-refractivity contribution in [3.8, 4) is 11.1 Å². The topological polar surface area (TPSA) is 28.1 Å². The van der Waals surface area contributed by atoms with Gasteiger partial charge >= 0.3 is 0 Å². The van der Waals surface area contributed by atoms with Crippen molar-refractivity contribution in [2.45, 2.75) is 20.3 Å². The Morgan fingerprint density at radius 3 is 2.61 bits per heavy atom. The second kappa shape index (κ2) is 8.04. The molecular formula is C25H23ClN2. The van der Waals surface area contributed by atoms with Crippen LogP contribution < -0.4 is 0 Å². The summed E-state index contributed by atoms with van der Waals surface area (Å²) in [6.45, 7) is 4.94. The molecule has 1 heterocycles. The zero-order valence-corrected chi connectivity index (χ0v) is 16.9. The van der Waals surface area contributed by atoms with Crippen LogP contribution in [-0.4, -0.2) is 17.2 Å². The Bertz CT molecular complexity index is 1140. The number of halogens is 1. The molecule has 0 atom stereocenters. The number of nitrogens with zero attached hydrogens (tertiary/aromatic N) is 1. The van der Waals surface area contributed by atoms with Gasteiger partial charge in [0.2, 0.25) is 0 Å². The van der Waals surface area contributed by atoms with Crippen LogP contribution in [0, 0.1) is 6.92 Å². The molecule has 1 N–H and O–H groups in total. The van der Waals surface area contributed by atoms with Gasteiger partial charge in [-0.1, -0.05) is 59.6 Å². The van der Waals surface area contributed by atoms with Crippen LogP contribution in [0.2, 0.25) is 5.02 Å². The van der Waals surface area contributed by atoms with Crippen LogP contribution in [0.4, 0.5) is 0 Å². The van der Waals surface area contributed by atoms with Crippen molar-refractivity contribution < 1.29 is 0 Å². The van der Waals surface area contributed by atoms with E-state index in [2.05, 4.69) is 73.6 Å². The lowest BCUT2D eigenvalue weighted by atomic mass is 10.0. The number of H-pyrrole nitrogens is 1. The highest BCUT2D eigenvalue weighted by atomic mass is 35.5. The molecule has 4 rings (SSSR count). The van der Waals surface area contributed by atoms with Gasteiger partial charge in [0.05, 0.1) is 0 Å². The number of aromatic nitrogens is 1. The predicted molar refractivity (Wildman–Crippen MR) is 121 cm³/mol. The molecule has 0 amide bonds. The van der Waals surface area contributed by atoms with Gasteiger partial charge in [-0.15, -0.1) is 0 Å². The molecule has 0 fully saturated rings. The van der Waals surface area contributed by atoms with E-state index in [9.17, 15) is 0 Å². The number of aryl methyl sites for hydroxylation is 1. The fourth-order valence-corrected chi connectivity index (χ4v) is 3.63. The number of aromatic amines is 1. The summed E-state index contributed by atoms with van der Waals surface area (Å²) in [5, 5.41) is 1.95. The van der Waals surface area contributed by atoms with Crippen LogP contribution in [0.15, 0.2) is 77.9 Å². The van der Waals surface area contributed by atoms with Gasteiger partial charge in [-0.3, -0.25) is 4.99 Å². The number of nitrogens with one attached hydrogen (secondary N) is 1. The third-order valence-corrected chi connectivity index (χ3v) is 5.36. The van der Waals surface area contributed by atoms with Crippen LogP contribution in [-0.2, 0) is 6.42 Å². The van der Waals surface area contributed by atoms with Crippen LogP contribution in [0.25, 0.3) is 22.0 Å². The molecule has 0 spiro atoms. The first-order chi connectivity index (χ1) is 13.6. The maximum atomic E-state index is 6.14. The zero-order valence-electron chi connectivity index (χ0n) is 16.2. The molecule has 140 valence electrons. The molecule has 0 bridgehead atoms. The fourth-order valence-electron chi connectivity index (χ4n) is 3.46. The highest BCUT2D eigenvalue weighted by molar-refractivity contribution is 6.31. The van der Waals surface area contributed by atoms with Crippen molar-refractivity contribution >= 4 is 28.2 Å². The lowest BCUT2D eigenvalue weighted by Crippen LogP contribution is -1.98. The van der Waals surface area contributed by atoms with E-state index in [-0.39, 0.29) is 0 Å². The summed E-state index contributed by atoms with van der Waals surface area (Å²) in [7, 11) is 0. The van der Waals surface area contributed by atoms with Gasteiger partial charge in [-0.05, 0) is 66.8 Å². The van der Waals surface area contributed by atoms with Gasteiger partial charge in [0.15, 0.2) is 0 Å². The van der Waals surface area contributed by atoms with Gasteiger partial charge in [0, 0.05) is 34.4 Å². The fraction of sp³-hybridized carbons (Fsp3) is 0.160. The largest absolute Gasteiger partial charge is 0.361 e. The van der Waals surface area contributed by atoms with E-state index >= 15 is 0 Å². The summed E-state index contributed by atoms with van der Waals surface area (Å²) in [5.41, 5.74) is 8.32. The molecule has 4 aromatic rings. The number of hydrogen-bond donors (Lipinski definition) is 1. The molecule has 28 heavy (non-hydrogen) atoms. The van der Waals surface area contributed by atoms with E-state index in [0.717, 1.165) is 29.2 Å². The van der Waals surface area contributed by atoms with Crippen LogP contribution >= 0.6 is 11.6 Å². The minimum Gasteiger partial charge on any atom is -0.361 e. The van der Waals surface area contributed by atoms with Crippen molar-refractivity contribution in [2.24, 2.45) is 4.99 Å². The maximum Gasteiger partial charge on any atom is 0.0457 e. The Morgan fingerprint density at radius 2 is 1.79 bits per heavy atom. The molecule has 0 aliphatic carbocycles. The molecule has 2 nitrogen and oxygen atoms in total. The Balaban J connectivity index is 1.50. The molecule has 3 heteroatoms. The average Bonchev–Trinajstić information content (AvgIpc) is 3.10. The summed E-state index contributed by atoms with van der Waals surface area (Å²) < 4.78 is 0. The predicted octanol–water partition coefficient (Wildman–Crippen LogP) is 6.85. The monoisotopic (exact) mass is 386 g/mol. The third-order valence-electron chi connectivity index (χ3n) is 5.12. The van der Waals surface area contributed by atoms with Gasteiger partial charge in [-0.2, -0.15) is 0 Å². The van der Waals surface area contributed by atoms with Gasteiger partial charge in [-0.25, -0.2) is 0 Å². The second-order valence-electron chi connectivity index (χ2n) is 7.17. The molecule has 0 radical (unpaired) electrons. The van der Waals surface area contributed by atoms with E-state index < -0.39 is 0 Å². The second-order valence-corrected chi connectivity index (χ2v) is 7.60. The first kappa shape index (κ1) is 18.5. The maximum absolute atomic E-state index is 6.14. The van der Waals surface area contributed by atoms with E-state index in [1.165, 1.54) is 33.2 Å². The molecule has 0 aliphatic heterocycles. The van der Waals surface area contributed by atoms with Crippen molar-refractivity contribution in [1.82, 2.24) is 4.98 Å². The molecule has 3 aromatic carbocycles. The van der Waals surface area contributed by atoms with Crippen molar-refractivity contribution in [1.29, 1.82) is 0 Å². The minimum atomic E-state index is 0.750. The Kier molecular flexibility index (Phi) is 5.31. The first-order valence-corrected chi connectivity index (χ1v) is 9.92. The van der Waals surface area contributed by atoms with E-state index in [1.807, 2.05) is 18.2 Å². The smallest absolute Gasteiger partial charge is 0.0457 e. The van der Waals surface area contributed by atoms with E-state index in [4.69, 9.17) is 16.6 Å². The Labute approximate surface area is 170 Å². The van der Waals surface area contributed by atoms with Crippen LogP contribution in [0.1, 0.15) is 23.6 Å².